The minimum atomic E-state index is -0.430. The lowest BCUT2D eigenvalue weighted by atomic mass is 10.1. The maximum atomic E-state index is 13.3. The van der Waals surface area contributed by atoms with E-state index in [2.05, 4.69) is 5.32 Å². The Bertz CT molecular complexity index is 364. The molecule has 0 aliphatic carbocycles. The summed E-state index contributed by atoms with van der Waals surface area (Å²) in [4.78, 5) is 0. The number of hydrogen-bond donors (Lipinski definition) is 1. The second kappa shape index (κ2) is 6.07. The van der Waals surface area contributed by atoms with Crippen LogP contribution >= 0.6 is 0 Å². The SMILES string of the molecule is Fc1ccc(F)c(COCC2CCCCN2)c1. The van der Waals surface area contributed by atoms with Gasteiger partial charge in [0, 0.05) is 11.6 Å². The number of ether oxygens (including phenoxy) is 1. The summed E-state index contributed by atoms with van der Waals surface area (Å²) in [6.45, 7) is 1.69. The maximum absolute atomic E-state index is 13.3. The molecule has 1 saturated heterocycles. The van der Waals surface area contributed by atoms with E-state index >= 15 is 0 Å². The van der Waals surface area contributed by atoms with Crippen molar-refractivity contribution >= 4 is 0 Å². The van der Waals surface area contributed by atoms with Gasteiger partial charge >= 0.3 is 0 Å². The maximum Gasteiger partial charge on any atom is 0.128 e. The van der Waals surface area contributed by atoms with E-state index in [9.17, 15) is 8.78 Å². The summed E-state index contributed by atoms with van der Waals surface area (Å²) in [6, 6.07) is 3.78. The van der Waals surface area contributed by atoms with E-state index in [1.807, 2.05) is 0 Å². The molecule has 2 rings (SSSR count). The second-order valence-electron chi connectivity index (χ2n) is 4.40. The van der Waals surface area contributed by atoms with Crippen LogP contribution < -0.4 is 5.32 Å². The van der Waals surface area contributed by atoms with Crippen LogP contribution in [-0.2, 0) is 11.3 Å². The number of piperidine rings is 1. The zero-order valence-corrected chi connectivity index (χ0v) is 9.72. The van der Waals surface area contributed by atoms with Gasteiger partial charge in [0.25, 0.3) is 0 Å². The molecule has 1 atom stereocenters. The van der Waals surface area contributed by atoms with Crippen LogP contribution in [-0.4, -0.2) is 19.2 Å². The van der Waals surface area contributed by atoms with Crippen molar-refractivity contribution in [3.05, 3.63) is 35.4 Å². The minimum Gasteiger partial charge on any atom is -0.375 e. The Labute approximate surface area is 100.0 Å². The van der Waals surface area contributed by atoms with Gasteiger partial charge in [0.15, 0.2) is 0 Å². The summed E-state index contributed by atoms with van der Waals surface area (Å²) in [5.74, 6) is -0.844. The number of hydrogen-bond acceptors (Lipinski definition) is 2. The molecule has 0 saturated carbocycles. The fourth-order valence-corrected chi connectivity index (χ4v) is 2.03. The molecule has 1 aromatic carbocycles. The van der Waals surface area contributed by atoms with Crippen LogP contribution in [0.4, 0.5) is 8.78 Å². The van der Waals surface area contributed by atoms with E-state index in [0.717, 1.165) is 25.1 Å². The standard InChI is InChI=1S/C13H17F2NO/c14-11-4-5-13(15)10(7-11)8-17-9-12-3-1-2-6-16-12/h4-5,7,12,16H,1-3,6,8-9H2. The van der Waals surface area contributed by atoms with E-state index in [1.54, 1.807) is 0 Å². The first kappa shape index (κ1) is 12.5. The van der Waals surface area contributed by atoms with Crippen molar-refractivity contribution in [1.82, 2.24) is 5.32 Å². The molecule has 1 aliphatic rings. The van der Waals surface area contributed by atoms with Gasteiger partial charge in [-0.05, 0) is 37.6 Å². The summed E-state index contributed by atoms with van der Waals surface area (Å²) in [6.07, 6.45) is 3.50. The average Bonchev–Trinajstić information content (AvgIpc) is 2.35. The molecule has 0 amide bonds. The molecule has 1 fully saturated rings. The van der Waals surface area contributed by atoms with Gasteiger partial charge in [0.1, 0.15) is 11.6 Å². The molecule has 0 spiro atoms. The molecule has 17 heavy (non-hydrogen) atoms. The number of rotatable bonds is 4. The molecule has 94 valence electrons. The first-order chi connectivity index (χ1) is 8.25. The Kier molecular flexibility index (Phi) is 4.45. The van der Waals surface area contributed by atoms with Gasteiger partial charge in [-0.3, -0.25) is 0 Å². The third-order valence-corrected chi connectivity index (χ3v) is 3.00. The lowest BCUT2D eigenvalue weighted by molar-refractivity contribution is 0.0891. The van der Waals surface area contributed by atoms with Crippen LogP contribution in [0.15, 0.2) is 18.2 Å². The third kappa shape index (κ3) is 3.75. The van der Waals surface area contributed by atoms with Crippen LogP contribution in [0.5, 0.6) is 0 Å². The third-order valence-electron chi connectivity index (χ3n) is 3.00. The van der Waals surface area contributed by atoms with Crippen molar-refractivity contribution in [2.45, 2.75) is 31.9 Å². The Balaban J connectivity index is 1.79. The van der Waals surface area contributed by atoms with Crippen molar-refractivity contribution in [2.75, 3.05) is 13.2 Å². The fraction of sp³-hybridized carbons (Fsp3) is 0.538. The molecule has 2 nitrogen and oxygen atoms in total. The summed E-state index contributed by atoms with van der Waals surface area (Å²) < 4.78 is 31.6. The normalized spacial score (nSPS) is 20.5. The van der Waals surface area contributed by atoms with Gasteiger partial charge in [-0.2, -0.15) is 0 Å². The minimum absolute atomic E-state index is 0.127. The molecular weight excluding hydrogens is 224 g/mol. The van der Waals surface area contributed by atoms with Crippen LogP contribution in [0.3, 0.4) is 0 Å². The first-order valence-corrected chi connectivity index (χ1v) is 6.01. The Morgan fingerprint density at radius 1 is 1.29 bits per heavy atom. The van der Waals surface area contributed by atoms with Crippen molar-refractivity contribution in [1.29, 1.82) is 0 Å². The summed E-state index contributed by atoms with van der Waals surface area (Å²) in [5.41, 5.74) is 0.279. The topological polar surface area (TPSA) is 21.3 Å². The summed E-state index contributed by atoms with van der Waals surface area (Å²) in [5, 5.41) is 3.34. The molecule has 4 heteroatoms. The van der Waals surface area contributed by atoms with Gasteiger partial charge in [0.2, 0.25) is 0 Å². The largest absolute Gasteiger partial charge is 0.375 e. The number of nitrogens with one attached hydrogen (secondary N) is 1. The van der Waals surface area contributed by atoms with E-state index in [4.69, 9.17) is 4.74 Å². The van der Waals surface area contributed by atoms with Crippen molar-refractivity contribution < 1.29 is 13.5 Å². The fourth-order valence-electron chi connectivity index (χ4n) is 2.03. The molecule has 1 unspecified atom stereocenters. The van der Waals surface area contributed by atoms with Gasteiger partial charge in [-0.15, -0.1) is 0 Å². The molecular formula is C13H17F2NO. The van der Waals surface area contributed by atoms with E-state index < -0.39 is 11.6 Å². The molecule has 0 bridgehead atoms. The van der Waals surface area contributed by atoms with E-state index in [-0.39, 0.29) is 12.2 Å². The zero-order valence-electron chi connectivity index (χ0n) is 9.72. The lowest BCUT2D eigenvalue weighted by Crippen LogP contribution is -2.37. The lowest BCUT2D eigenvalue weighted by Gasteiger charge is -2.23. The van der Waals surface area contributed by atoms with Crippen LogP contribution in [0.2, 0.25) is 0 Å². The molecule has 1 aliphatic heterocycles. The first-order valence-electron chi connectivity index (χ1n) is 6.01. The smallest absolute Gasteiger partial charge is 0.128 e. The molecule has 0 aromatic heterocycles. The van der Waals surface area contributed by atoms with Crippen molar-refractivity contribution in [2.24, 2.45) is 0 Å². The molecule has 0 radical (unpaired) electrons. The monoisotopic (exact) mass is 241 g/mol. The number of benzene rings is 1. The molecule has 1 heterocycles. The van der Waals surface area contributed by atoms with Crippen molar-refractivity contribution in [3.8, 4) is 0 Å². The van der Waals surface area contributed by atoms with Gasteiger partial charge < -0.3 is 10.1 Å². The predicted octanol–water partition coefficient (Wildman–Crippen LogP) is 2.62. The van der Waals surface area contributed by atoms with Crippen molar-refractivity contribution in [3.63, 3.8) is 0 Å². The van der Waals surface area contributed by atoms with E-state index in [0.29, 0.717) is 12.6 Å². The molecule has 1 aromatic rings. The highest BCUT2D eigenvalue weighted by Crippen LogP contribution is 2.12. The molecule has 1 N–H and O–H groups in total. The van der Waals surface area contributed by atoms with Gasteiger partial charge in [-0.1, -0.05) is 6.42 Å². The summed E-state index contributed by atoms with van der Waals surface area (Å²) >= 11 is 0. The van der Waals surface area contributed by atoms with Crippen LogP contribution in [0.25, 0.3) is 0 Å². The highest BCUT2D eigenvalue weighted by Gasteiger charge is 2.12. The predicted molar refractivity (Wildman–Crippen MR) is 61.7 cm³/mol. The van der Waals surface area contributed by atoms with Crippen LogP contribution in [0, 0.1) is 11.6 Å². The van der Waals surface area contributed by atoms with E-state index in [1.165, 1.54) is 18.9 Å². The van der Waals surface area contributed by atoms with Gasteiger partial charge in [0.05, 0.1) is 13.2 Å². The quantitative estimate of drug-likeness (QED) is 0.875. The second-order valence-corrected chi connectivity index (χ2v) is 4.40. The Hall–Kier alpha value is -1.00. The highest BCUT2D eigenvalue weighted by molar-refractivity contribution is 5.17. The zero-order chi connectivity index (χ0) is 12.1. The van der Waals surface area contributed by atoms with Crippen LogP contribution in [0.1, 0.15) is 24.8 Å². The Morgan fingerprint density at radius 2 is 2.18 bits per heavy atom. The highest BCUT2D eigenvalue weighted by atomic mass is 19.1. The Morgan fingerprint density at radius 3 is 2.94 bits per heavy atom. The average molecular weight is 241 g/mol. The van der Waals surface area contributed by atoms with Gasteiger partial charge in [-0.25, -0.2) is 8.78 Å². The summed E-state index contributed by atoms with van der Waals surface area (Å²) in [7, 11) is 0. The number of halogens is 2.